The topological polar surface area (TPSA) is 158 Å². The summed E-state index contributed by atoms with van der Waals surface area (Å²) in [4.78, 5) is 24.3. The van der Waals surface area contributed by atoms with Crippen LogP contribution in [0.15, 0.2) is 48.5 Å². The number of unbranched alkanes of at least 4 members (excludes halogenated alkanes) is 2. The van der Waals surface area contributed by atoms with Gasteiger partial charge in [-0.15, -0.1) is 0 Å². The summed E-state index contributed by atoms with van der Waals surface area (Å²) < 4.78 is 0. The molecule has 0 aromatic heterocycles. The minimum atomic E-state index is -0.202. The average Bonchev–Trinajstić information content (AvgIpc) is 2.72. The second-order valence-corrected chi connectivity index (χ2v) is 6.56. The first kappa shape index (κ1) is 24.4. The Morgan fingerprint density at radius 2 is 1.07 bits per heavy atom. The fourth-order valence-electron chi connectivity index (χ4n) is 2.69. The molecule has 8 heteroatoms. The van der Waals surface area contributed by atoms with Gasteiger partial charge in [0.1, 0.15) is 11.7 Å². The van der Waals surface area contributed by atoms with Gasteiger partial charge in [-0.2, -0.15) is 0 Å². The molecule has 8 N–H and O–H groups in total. The Labute approximate surface area is 177 Å². The Kier molecular flexibility index (Phi) is 9.75. The average molecular weight is 411 g/mol. The number of amidine groups is 2. The summed E-state index contributed by atoms with van der Waals surface area (Å²) in [5.74, 6) is -0.553. The third kappa shape index (κ3) is 7.38. The predicted octanol–water partition coefficient (Wildman–Crippen LogP) is 2.22. The third-order valence-electron chi connectivity index (χ3n) is 4.30. The standard InChI is InChI=1S/C21H26N6O2.CH4/c22-18(23)14-6-4-8-16(12-14)20(28)26-10-2-1-3-11-27-21(29)17-9-5-7-15(13-17)19(24)25;/h4-9,12-13H,1-3,10-11H2,(H3,22,23)(H3,24,25)(H,26,28)(H,27,29);1H4. The van der Waals surface area contributed by atoms with Crippen LogP contribution in [0, 0.1) is 10.8 Å². The van der Waals surface area contributed by atoms with Gasteiger partial charge in [0.05, 0.1) is 0 Å². The van der Waals surface area contributed by atoms with E-state index in [9.17, 15) is 9.59 Å². The molecule has 160 valence electrons. The highest BCUT2D eigenvalue weighted by Crippen LogP contribution is 2.06. The molecule has 0 atom stereocenters. The number of carbonyl (C=O) groups is 2. The SMILES string of the molecule is C.N=C(N)c1cccc(C(=O)NCCCCCNC(=O)c2cccc(C(=N)N)c2)c1. The number of amides is 2. The van der Waals surface area contributed by atoms with Gasteiger partial charge in [0, 0.05) is 35.3 Å². The minimum absolute atomic E-state index is 0. The van der Waals surface area contributed by atoms with Crippen molar-refractivity contribution in [3.8, 4) is 0 Å². The van der Waals surface area contributed by atoms with Crippen molar-refractivity contribution in [2.24, 2.45) is 11.5 Å². The van der Waals surface area contributed by atoms with Gasteiger partial charge in [-0.25, -0.2) is 0 Å². The van der Waals surface area contributed by atoms with Crippen LogP contribution >= 0.6 is 0 Å². The van der Waals surface area contributed by atoms with Crippen LogP contribution in [-0.4, -0.2) is 36.6 Å². The van der Waals surface area contributed by atoms with Crippen molar-refractivity contribution in [1.82, 2.24) is 10.6 Å². The van der Waals surface area contributed by atoms with Gasteiger partial charge in [0.2, 0.25) is 0 Å². The first-order valence-electron chi connectivity index (χ1n) is 9.34. The summed E-state index contributed by atoms with van der Waals surface area (Å²) >= 11 is 0. The highest BCUT2D eigenvalue weighted by molar-refractivity contribution is 6.00. The van der Waals surface area contributed by atoms with Crippen molar-refractivity contribution in [3.05, 3.63) is 70.8 Å². The molecule has 30 heavy (non-hydrogen) atoms. The van der Waals surface area contributed by atoms with E-state index in [1.165, 1.54) is 0 Å². The Balaban J connectivity index is 0.00000450. The van der Waals surface area contributed by atoms with Crippen LogP contribution in [-0.2, 0) is 0 Å². The molecule has 0 aliphatic heterocycles. The van der Waals surface area contributed by atoms with E-state index in [-0.39, 0.29) is 30.9 Å². The van der Waals surface area contributed by atoms with Crippen LogP contribution in [0.5, 0.6) is 0 Å². The van der Waals surface area contributed by atoms with Crippen molar-refractivity contribution >= 4 is 23.5 Å². The Bertz CT molecular complexity index is 837. The fourth-order valence-corrected chi connectivity index (χ4v) is 2.69. The highest BCUT2D eigenvalue weighted by atomic mass is 16.2. The molecule has 0 spiro atoms. The molecular formula is C22H30N6O2. The quantitative estimate of drug-likeness (QED) is 0.201. The lowest BCUT2D eigenvalue weighted by Gasteiger charge is -2.08. The number of nitrogen functional groups attached to an aromatic ring is 2. The van der Waals surface area contributed by atoms with E-state index in [0.29, 0.717) is 35.3 Å². The van der Waals surface area contributed by atoms with Crippen LogP contribution in [0.25, 0.3) is 0 Å². The molecule has 0 saturated heterocycles. The molecule has 8 nitrogen and oxygen atoms in total. The molecule has 0 aliphatic carbocycles. The maximum atomic E-state index is 12.1. The first-order chi connectivity index (χ1) is 13.9. The van der Waals surface area contributed by atoms with Crippen LogP contribution in [0.1, 0.15) is 58.5 Å². The van der Waals surface area contributed by atoms with Crippen molar-refractivity contribution in [1.29, 1.82) is 10.8 Å². The summed E-state index contributed by atoms with van der Waals surface area (Å²) in [6.07, 6.45) is 2.42. The van der Waals surface area contributed by atoms with Gasteiger partial charge in [-0.05, 0) is 43.5 Å². The summed E-state index contributed by atoms with van der Waals surface area (Å²) in [6, 6.07) is 13.3. The van der Waals surface area contributed by atoms with E-state index >= 15 is 0 Å². The van der Waals surface area contributed by atoms with E-state index in [4.69, 9.17) is 22.3 Å². The summed E-state index contributed by atoms with van der Waals surface area (Å²) in [6.45, 7) is 1.05. The van der Waals surface area contributed by atoms with Gasteiger partial charge >= 0.3 is 0 Å². The molecular weight excluding hydrogens is 380 g/mol. The zero-order valence-corrected chi connectivity index (χ0v) is 16.1. The number of nitrogens with one attached hydrogen (secondary N) is 4. The molecule has 0 aliphatic rings. The molecule has 0 radical (unpaired) electrons. The number of hydrogen-bond acceptors (Lipinski definition) is 4. The summed E-state index contributed by atoms with van der Waals surface area (Å²) in [5.41, 5.74) is 12.8. The fraction of sp³-hybridized carbons (Fsp3) is 0.273. The second kappa shape index (κ2) is 12.0. The van der Waals surface area contributed by atoms with Crippen LogP contribution in [0.2, 0.25) is 0 Å². The Morgan fingerprint density at radius 1 is 0.700 bits per heavy atom. The number of hydrogen-bond donors (Lipinski definition) is 6. The number of nitrogens with two attached hydrogens (primary N) is 2. The van der Waals surface area contributed by atoms with Crippen molar-refractivity contribution in [2.75, 3.05) is 13.1 Å². The third-order valence-corrected chi connectivity index (χ3v) is 4.30. The van der Waals surface area contributed by atoms with Crippen LogP contribution < -0.4 is 22.1 Å². The first-order valence-corrected chi connectivity index (χ1v) is 9.34. The lowest BCUT2D eigenvalue weighted by atomic mass is 10.1. The molecule has 0 heterocycles. The highest BCUT2D eigenvalue weighted by Gasteiger charge is 2.08. The lowest BCUT2D eigenvalue weighted by Crippen LogP contribution is -2.26. The zero-order valence-electron chi connectivity index (χ0n) is 16.1. The molecule has 0 unspecified atom stereocenters. The van der Waals surface area contributed by atoms with Gasteiger partial charge in [0.15, 0.2) is 0 Å². The Morgan fingerprint density at radius 3 is 1.43 bits per heavy atom. The van der Waals surface area contributed by atoms with Crippen LogP contribution in [0.4, 0.5) is 0 Å². The monoisotopic (exact) mass is 410 g/mol. The lowest BCUT2D eigenvalue weighted by molar-refractivity contribution is 0.0947. The zero-order chi connectivity index (χ0) is 21.2. The van der Waals surface area contributed by atoms with Gasteiger partial charge < -0.3 is 22.1 Å². The minimum Gasteiger partial charge on any atom is -0.384 e. The Hall–Kier alpha value is -3.68. The van der Waals surface area contributed by atoms with Gasteiger partial charge in [-0.1, -0.05) is 31.7 Å². The second-order valence-electron chi connectivity index (χ2n) is 6.56. The van der Waals surface area contributed by atoms with Crippen molar-refractivity contribution < 1.29 is 9.59 Å². The molecule has 2 rings (SSSR count). The molecule has 0 fully saturated rings. The number of benzene rings is 2. The van der Waals surface area contributed by atoms with E-state index in [2.05, 4.69) is 10.6 Å². The molecule has 0 bridgehead atoms. The maximum absolute atomic E-state index is 12.1. The van der Waals surface area contributed by atoms with Gasteiger partial charge in [0.25, 0.3) is 11.8 Å². The number of carbonyl (C=O) groups excluding carboxylic acids is 2. The van der Waals surface area contributed by atoms with Crippen molar-refractivity contribution in [2.45, 2.75) is 26.7 Å². The van der Waals surface area contributed by atoms with Gasteiger partial charge in [-0.3, -0.25) is 20.4 Å². The van der Waals surface area contributed by atoms with E-state index < -0.39 is 0 Å². The summed E-state index contributed by atoms with van der Waals surface area (Å²) in [7, 11) is 0. The molecule has 2 amide bonds. The van der Waals surface area contributed by atoms with E-state index in [0.717, 1.165) is 19.3 Å². The van der Waals surface area contributed by atoms with Crippen LogP contribution in [0.3, 0.4) is 0 Å². The summed E-state index contributed by atoms with van der Waals surface area (Å²) in [5, 5.41) is 20.5. The van der Waals surface area contributed by atoms with Crippen molar-refractivity contribution in [3.63, 3.8) is 0 Å². The predicted molar refractivity (Wildman–Crippen MR) is 120 cm³/mol. The molecule has 2 aromatic carbocycles. The molecule has 0 saturated carbocycles. The van der Waals surface area contributed by atoms with E-state index in [1.54, 1.807) is 48.5 Å². The smallest absolute Gasteiger partial charge is 0.251 e. The maximum Gasteiger partial charge on any atom is 0.251 e. The normalized spacial score (nSPS) is 9.87. The van der Waals surface area contributed by atoms with E-state index in [1.807, 2.05) is 0 Å². The molecule has 2 aromatic rings. The number of rotatable bonds is 10. The largest absolute Gasteiger partial charge is 0.384 e.